The fourth-order valence-electron chi connectivity index (χ4n) is 3.07. The zero-order valence-corrected chi connectivity index (χ0v) is 15.8. The summed E-state index contributed by atoms with van der Waals surface area (Å²) in [6, 6.07) is 15.1. The van der Waals surface area contributed by atoms with Crippen LogP contribution in [0.5, 0.6) is 0 Å². The van der Waals surface area contributed by atoms with Crippen molar-refractivity contribution in [3.63, 3.8) is 0 Å². The van der Waals surface area contributed by atoms with Gasteiger partial charge in [0.25, 0.3) is 5.91 Å². The van der Waals surface area contributed by atoms with Gasteiger partial charge < -0.3 is 5.32 Å². The first-order valence-electron chi connectivity index (χ1n) is 8.83. The Balaban J connectivity index is 1.32. The molecule has 2 N–H and O–H groups in total. The average Bonchev–Trinajstić information content (AvgIpc) is 3.47. The predicted octanol–water partition coefficient (Wildman–Crippen LogP) is 3.14. The van der Waals surface area contributed by atoms with Gasteiger partial charge in [-0.1, -0.05) is 24.3 Å². The Morgan fingerprint density at radius 2 is 2.03 bits per heavy atom. The number of amides is 2. The molecule has 0 spiro atoms. The summed E-state index contributed by atoms with van der Waals surface area (Å²) in [5.74, 6) is -0.385. The molecule has 29 heavy (non-hydrogen) atoms. The molecule has 142 valence electrons. The Kier molecular flexibility index (Phi) is 4.14. The first kappa shape index (κ1) is 17.3. The SMILES string of the molecule is O=C1Cc2cc(-c3csc(NC(=O)c4cnn(-c5ccccc5)n4)n3)ccc2N1. The number of nitrogens with zero attached hydrogens (tertiary/aromatic N) is 4. The van der Waals surface area contributed by atoms with Crippen LogP contribution in [0.1, 0.15) is 16.1 Å². The van der Waals surface area contributed by atoms with E-state index in [0.29, 0.717) is 11.6 Å². The number of fused-ring (bicyclic) bond motifs is 1. The molecule has 0 bridgehead atoms. The lowest BCUT2D eigenvalue weighted by molar-refractivity contribution is -0.115. The van der Waals surface area contributed by atoms with E-state index in [1.165, 1.54) is 22.3 Å². The van der Waals surface area contributed by atoms with Gasteiger partial charge in [-0.2, -0.15) is 9.90 Å². The molecule has 0 fully saturated rings. The zero-order valence-electron chi connectivity index (χ0n) is 15.0. The minimum atomic E-state index is -0.378. The quantitative estimate of drug-likeness (QED) is 0.546. The lowest BCUT2D eigenvalue weighted by Gasteiger charge is -2.01. The van der Waals surface area contributed by atoms with Crippen molar-refractivity contribution < 1.29 is 9.59 Å². The minimum absolute atomic E-state index is 0.00747. The highest BCUT2D eigenvalue weighted by Gasteiger charge is 2.19. The standard InChI is InChI=1S/C20H14N6O2S/c27-18-9-13-8-12(6-7-15(13)22-18)17-11-29-20(23-17)24-19(28)16-10-21-26(25-16)14-4-2-1-3-5-14/h1-8,10-11H,9H2,(H,22,27)(H,23,24,28). The maximum absolute atomic E-state index is 12.5. The van der Waals surface area contributed by atoms with Crippen LogP contribution in [-0.4, -0.2) is 31.8 Å². The van der Waals surface area contributed by atoms with Crippen molar-refractivity contribution in [1.82, 2.24) is 20.0 Å². The van der Waals surface area contributed by atoms with Crippen LogP contribution in [0.2, 0.25) is 0 Å². The lowest BCUT2D eigenvalue weighted by atomic mass is 10.1. The van der Waals surface area contributed by atoms with Gasteiger partial charge in [-0.05, 0) is 29.8 Å². The molecule has 2 aromatic heterocycles. The second-order valence-corrected chi connectivity index (χ2v) is 7.30. The molecule has 1 aliphatic heterocycles. The number of rotatable bonds is 4. The van der Waals surface area contributed by atoms with E-state index in [1.807, 2.05) is 53.9 Å². The zero-order chi connectivity index (χ0) is 19.8. The van der Waals surface area contributed by atoms with Crippen molar-refractivity contribution in [3.05, 3.63) is 71.4 Å². The number of hydrogen-bond acceptors (Lipinski definition) is 6. The monoisotopic (exact) mass is 402 g/mol. The highest BCUT2D eigenvalue weighted by molar-refractivity contribution is 7.14. The third-order valence-corrected chi connectivity index (χ3v) is 5.22. The van der Waals surface area contributed by atoms with Crippen molar-refractivity contribution in [2.45, 2.75) is 6.42 Å². The van der Waals surface area contributed by atoms with Crippen molar-refractivity contribution in [2.24, 2.45) is 0 Å². The average molecular weight is 402 g/mol. The Labute approximate surface area is 169 Å². The molecule has 0 unspecified atom stereocenters. The number of nitrogens with one attached hydrogen (secondary N) is 2. The number of aromatic nitrogens is 4. The van der Waals surface area contributed by atoms with E-state index in [0.717, 1.165) is 28.2 Å². The highest BCUT2D eigenvalue weighted by atomic mass is 32.1. The molecule has 0 aliphatic carbocycles. The number of carbonyl (C=O) groups is 2. The van der Waals surface area contributed by atoms with Gasteiger partial charge >= 0.3 is 0 Å². The molecule has 5 rings (SSSR count). The van der Waals surface area contributed by atoms with Crippen molar-refractivity contribution >= 4 is 34.0 Å². The fraction of sp³-hybridized carbons (Fsp3) is 0.0500. The van der Waals surface area contributed by atoms with E-state index in [-0.39, 0.29) is 17.5 Å². The maximum atomic E-state index is 12.5. The number of thiazole rings is 1. The van der Waals surface area contributed by atoms with Crippen LogP contribution in [0.3, 0.4) is 0 Å². The van der Waals surface area contributed by atoms with Crippen LogP contribution in [0.25, 0.3) is 16.9 Å². The van der Waals surface area contributed by atoms with Gasteiger partial charge in [0.2, 0.25) is 5.91 Å². The van der Waals surface area contributed by atoms with Crippen LogP contribution < -0.4 is 10.6 Å². The van der Waals surface area contributed by atoms with Crippen LogP contribution >= 0.6 is 11.3 Å². The molecule has 4 aromatic rings. The van der Waals surface area contributed by atoms with Gasteiger partial charge in [-0.25, -0.2) is 4.98 Å². The normalized spacial score (nSPS) is 12.5. The molecule has 0 saturated carbocycles. The Bertz CT molecular complexity index is 1230. The summed E-state index contributed by atoms with van der Waals surface area (Å²) in [6.07, 6.45) is 1.79. The first-order chi connectivity index (χ1) is 14.2. The number of carbonyl (C=O) groups excluding carboxylic acids is 2. The molecule has 9 heteroatoms. The van der Waals surface area contributed by atoms with Gasteiger partial charge in [0.05, 0.1) is 24.0 Å². The third kappa shape index (κ3) is 3.39. The van der Waals surface area contributed by atoms with E-state index < -0.39 is 0 Å². The summed E-state index contributed by atoms with van der Waals surface area (Å²) in [6.45, 7) is 0. The van der Waals surface area contributed by atoms with E-state index in [4.69, 9.17) is 0 Å². The van der Waals surface area contributed by atoms with Crippen LogP contribution in [-0.2, 0) is 11.2 Å². The smallest absolute Gasteiger partial charge is 0.279 e. The van der Waals surface area contributed by atoms with Gasteiger partial charge in [-0.15, -0.1) is 16.4 Å². The number of benzene rings is 2. The van der Waals surface area contributed by atoms with Crippen molar-refractivity contribution in [3.8, 4) is 16.9 Å². The summed E-state index contributed by atoms with van der Waals surface area (Å²) in [4.78, 5) is 29.9. The highest BCUT2D eigenvalue weighted by Crippen LogP contribution is 2.30. The molecule has 0 saturated heterocycles. The van der Waals surface area contributed by atoms with E-state index in [1.54, 1.807) is 0 Å². The Hall–Kier alpha value is -3.85. The molecule has 0 radical (unpaired) electrons. The largest absolute Gasteiger partial charge is 0.326 e. The number of hydrogen-bond donors (Lipinski definition) is 2. The van der Waals surface area contributed by atoms with Gasteiger partial charge in [0.1, 0.15) is 0 Å². The minimum Gasteiger partial charge on any atom is -0.326 e. The topological polar surface area (TPSA) is 102 Å². The molecule has 8 nitrogen and oxygen atoms in total. The van der Waals surface area contributed by atoms with Crippen LogP contribution in [0.4, 0.5) is 10.8 Å². The lowest BCUT2D eigenvalue weighted by Crippen LogP contribution is -2.13. The van der Waals surface area contributed by atoms with E-state index >= 15 is 0 Å². The molecule has 0 atom stereocenters. The van der Waals surface area contributed by atoms with Gasteiger partial charge in [0.15, 0.2) is 10.8 Å². The van der Waals surface area contributed by atoms with E-state index in [9.17, 15) is 9.59 Å². The van der Waals surface area contributed by atoms with Crippen LogP contribution in [0, 0.1) is 0 Å². The summed E-state index contributed by atoms with van der Waals surface area (Å²) >= 11 is 1.32. The molecule has 3 heterocycles. The van der Waals surface area contributed by atoms with Crippen molar-refractivity contribution in [1.29, 1.82) is 0 Å². The fourth-order valence-corrected chi connectivity index (χ4v) is 3.78. The van der Waals surface area contributed by atoms with Crippen molar-refractivity contribution in [2.75, 3.05) is 10.6 Å². The molecule has 1 aliphatic rings. The van der Waals surface area contributed by atoms with E-state index in [2.05, 4.69) is 25.8 Å². The Morgan fingerprint density at radius 3 is 2.90 bits per heavy atom. The summed E-state index contributed by atoms with van der Waals surface area (Å²) in [5, 5.41) is 16.3. The summed E-state index contributed by atoms with van der Waals surface area (Å²) in [7, 11) is 0. The predicted molar refractivity (Wildman–Crippen MR) is 109 cm³/mol. The molecule has 2 aromatic carbocycles. The second kappa shape index (κ2) is 6.95. The third-order valence-electron chi connectivity index (χ3n) is 4.46. The Morgan fingerprint density at radius 1 is 1.17 bits per heavy atom. The van der Waals surface area contributed by atoms with Crippen LogP contribution in [0.15, 0.2) is 60.1 Å². The number of para-hydroxylation sites is 1. The summed E-state index contributed by atoms with van der Waals surface area (Å²) in [5.41, 5.74) is 4.39. The van der Waals surface area contributed by atoms with Gasteiger partial charge in [-0.3, -0.25) is 14.9 Å². The molecular weight excluding hydrogens is 388 g/mol. The maximum Gasteiger partial charge on any atom is 0.279 e. The van der Waals surface area contributed by atoms with Gasteiger partial charge in [0, 0.05) is 16.6 Å². The number of anilines is 2. The summed E-state index contributed by atoms with van der Waals surface area (Å²) < 4.78 is 0. The molecular formula is C20H14N6O2S. The second-order valence-electron chi connectivity index (χ2n) is 6.44. The first-order valence-corrected chi connectivity index (χ1v) is 9.71. The molecule has 2 amide bonds.